The summed E-state index contributed by atoms with van der Waals surface area (Å²) < 4.78 is 10.0. The minimum Gasteiger partial charge on any atom is -0.478 e. The van der Waals surface area contributed by atoms with Gasteiger partial charge in [-0.2, -0.15) is 0 Å². The number of nitrogens with one attached hydrogen (secondary N) is 1. The molecule has 0 saturated carbocycles. The van der Waals surface area contributed by atoms with Crippen molar-refractivity contribution < 1.29 is 23.8 Å². The molecule has 8 heteroatoms. The number of ether oxygens (including phenoxy) is 1. The molecule has 0 radical (unpaired) electrons. The maximum atomic E-state index is 12.3. The molecule has 0 spiro atoms. The van der Waals surface area contributed by atoms with Crippen molar-refractivity contribution in [3.8, 4) is 11.4 Å². The molecule has 0 saturated heterocycles. The van der Waals surface area contributed by atoms with Crippen LogP contribution < -0.4 is 5.63 Å². The first kappa shape index (κ1) is 16.5. The average molecular weight is 364 g/mol. The summed E-state index contributed by atoms with van der Waals surface area (Å²) in [6.45, 7) is 0. The zero-order chi connectivity index (χ0) is 19.1. The van der Waals surface area contributed by atoms with Crippen molar-refractivity contribution >= 4 is 33.9 Å². The molecule has 0 unspecified atom stereocenters. The molecule has 0 atom stereocenters. The van der Waals surface area contributed by atoms with Gasteiger partial charge in [-0.15, -0.1) is 0 Å². The first-order valence-corrected chi connectivity index (χ1v) is 7.86. The number of nitrogens with zero attached hydrogens (tertiary/aromatic N) is 1. The van der Waals surface area contributed by atoms with E-state index in [1.807, 2.05) is 0 Å². The van der Waals surface area contributed by atoms with Crippen molar-refractivity contribution in [2.24, 2.45) is 0 Å². The van der Waals surface area contributed by atoms with Gasteiger partial charge in [0.15, 0.2) is 0 Å². The Kier molecular flexibility index (Phi) is 3.73. The van der Waals surface area contributed by atoms with Crippen LogP contribution in [-0.2, 0) is 4.74 Å². The van der Waals surface area contributed by atoms with Gasteiger partial charge >= 0.3 is 17.6 Å². The number of rotatable bonds is 3. The molecule has 4 rings (SSSR count). The van der Waals surface area contributed by atoms with Gasteiger partial charge in [-0.25, -0.2) is 19.4 Å². The molecular formula is C19H12N2O6. The lowest BCUT2D eigenvalue weighted by Gasteiger charge is -2.03. The molecule has 2 N–H and O–H groups in total. The van der Waals surface area contributed by atoms with Crippen LogP contribution in [0, 0.1) is 0 Å². The van der Waals surface area contributed by atoms with Crippen LogP contribution in [0.5, 0.6) is 0 Å². The average Bonchev–Trinajstić information content (AvgIpc) is 3.09. The van der Waals surface area contributed by atoms with Crippen molar-refractivity contribution in [3.05, 3.63) is 64.0 Å². The topological polar surface area (TPSA) is 122 Å². The summed E-state index contributed by atoms with van der Waals surface area (Å²) in [6.07, 6.45) is 0. The zero-order valence-corrected chi connectivity index (χ0v) is 14.0. The molecule has 8 nitrogen and oxygen atoms in total. The van der Waals surface area contributed by atoms with Gasteiger partial charge in [0.05, 0.1) is 29.3 Å². The quantitative estimate of drug-likeness (QED) is 0.423. The van der Waals surface area contributed by atoms with Gasteiger partial charge in [-0.1, -0.05) is 0 Å². The highest BCUT2D eigenvalue weighted by Gasteiger charge is 2.15. The maximum Gasteiger partial charge on any atom is 0.347 e. The molecule has 27 heavy (non-hydrogen) atoms. The lowest BCUT2D eigenvalue weighted by molar-refractivity contribution is 0.0600. The number of imidazole rings is 1. The number of H-pyrrole nitrogens is 1. The standard InChI is InChI=1S/C19H12N2O6/c1-26-18(24)10-3-5-15-11(6-10)7-12(19(25)27-15)16-20-13-4-2-9(17(22)23)8-14(13)21-16/h2-8H,1H3,(H,20,21)(H,22,23). The van der Waals surface area contributed by atoms with E-state index < -0.39 is 17.6 Å². The summed E-state index contributed by atoms with van der Waals surface area (Å²) in [7, 11) is 1.28. The fraction of sp³-hybridized carbons (Fsp3) is 0.0526. The molecule has 4 aromatic rings. The number of benzene rings is 2. The normalized spacial score (nSPS) is 11.0. The van der Waals surface area contributed by atoms with Crippen molar-refractivity contribution in [2.75, 3.05) is 7.11 Å². The number of esters is 1. The first-order chi connectivity index (χ1) is 13.0. The van der Waals surface area contributed by atoms with Crippen LogP contribution in [0.3, 0.4) is 0 Å². The van der Waals surface area contributed by atoms with E-state index in [1.165, 1.54) is 31.4 Å². The number of aromatic carboxylic acids is 1. The molecular weight excluding hydrogens is 352 g/mol. The van der Waals surface area contributed by atoms with E-state index in [-0.39, 0.29) is 17.0 Å². The van der Waals surface area contributed by atoms with Crippen LogP contribution in [0.2, 0.25) is 0 Å². The summed E-state index contributed by atoms with van der Waals surface area (Å²) in [6, 6.07) is 10.6. The van der Waals surface area contributed by atoms with Crippen LogP contribution in [0.15, 0.2) is 51.7 Å². The predicted octanol–water partition coefficient (Wildman–Crippen LogP) is 2.82. The van der Waals surface area contributed by atoms with Gasteiger partial charge in [0, 0.05) is 5.39 Å². The summed E-state index contributed by atoms with van der Waals surface area (Å²) in [5, 5.41) is 9.61. The minimum absolute atomic E-state index is 0.103. The molecule has 0 aliphatic heterocycles. The number of aromatic nitrogens is 2. The fourth-order valence-electron chi connectivity index (χ4n) is 2.80. The van der Waals surface area contributed by atoms with Crippen molar-refractivity contribution in [1.29, 1.82) is 0 Å². The molecule has 0 fully saturated rings. The lowest BCUT2D eigenvalue weighted by Crippen LogP contribution is -2.05. The van der Waals surface area contributed by atoms with Crippen LogP contribution in [0.1, 0.15) is 20.7 Å². The van der Waals surface area contributed by atoms with Crippen LogP contribution in [0.25, 0.3) is 33.4 Å². The van der Waals surface area contributed by atoms with Gasteiger partial charge in [-0.05, 0) is 42.5 Å². The Hall–Kier alpha value is -3.94. The Balaban J connectivity index is 1.88. The smallest absolute Gasteiger partial charge is 0.347 e. The molecule has 0 amide bonds. The highest BCUT2D eigenvalue weighted by molar-refractivity contribution is 5.95. The van der Waals surface area contributed by atoms with E-state index in [0.717, 1.165) is 0 Å². The van der Waals surface area contributed by atoms with Crippen LogP contribution in [0.4, 0.5) is 0 Å². The number of carboxylic acid groups (broad SMARTS) is 1. The Morgan fingerprint density at radius 2 is 1.89 bits per heavy atom. The summed E-state index contributed by atoms with van der Waals surface area (Å²) in [5.74, 6) is -1.32. The SMILES string of the molecule is COC(=O)c1ccc2oc(=O)c(-c3nc4ccc(C(=O)O)cc4[nH]3)cc2c1. The molecule has 0 aliphatic carbocycles. The van der Waals surface area contributed by atoms with Gasteiger partial charge in [0.1, 0.15) is 17.0 Å². The monoisotopic (exact) mass is 364 g/mol. The highest BCUT2D eigenvalue weighted by Crippen LogP contribution is 2.23. The number of carboxylic acids is 1. The fourth-order valence-corrected chi connectivity index (χ4v) is 2.80. The highest BCUT2D eigenvalue weighted by atomic mass is 16.5. The number of methoxy groups -OCH3 is 1. The minimum atomic E-state index is -1.06. The van der Waals surface area contributed by atoms with Crippen molar-refractivity contribution in [3.63, 3.8) is 0 Å². The van der Waals surface area contributed by atoms with E-state index >= 15 is 0 Å². The van der Waals surface area contributed by atoms with Crippen LogP contribution in [-0.4, -0.2) is 34.1 Å². The third kappa shape index (κ3) is 2.82. The van der Waals surface area contributed by atoms with E-state index in [1.54, 1.807) is 18.2 Å². The maximum absolute atomic E-state index is 12.3. The Morgan fingerprint density at radius 3 is 2.63 bits per heavy atom. The van der Waals surface area contributed by atoms with E-state index in [4.69, 9.17) is 14.3 Å². The largest absolute Gasteiger partial charge is 0.478 e. The number of carbonyl (C=O) groups excluding carboxylic acids is 1. The number of aromatic amines is 1. The number of fused-ring (bicyclic) bond motifs is 2. The van der Waals surface area contributed by atoms with Crippen molar-refractivity contribution in [1.82, 2.24) is 9.97 Å². The molecule has 134 valence electrons. The second kappa shape index (κ2) is 6.10. The Labute approximate surface area is 151 Å². The first-order valence-electron chi connectivity index (χ1n) is 7.86. The Morgan fingerprint density at radius 1 is 1.11 bits per heavy atom. The number of carbonyl (C=O) groups is 2. The molecule has 2 aromatic carbocycles. The van der Waals surface area contributed by atoms with Gasteiger partial charge < -0.3 is 19.2 Å². The van der Waals surface area contributed by atoms with Gasteiger partial charge in [0.25, 0.3) is 0 Å². The second-order valence-electron chi connectivity index (χ2n) is 5.81. The molecule has 2 heterocycles. The number of hydrogen-bond donors (Lipinski definition) is 2. The summed E-state index contributed by atoms with van der Waals surface area (Å²) in [5.41, 5.74) is 1.29. The lowest BCUT2D eigenvalue weighted by atomic mass is 10.1. The van der Waals surface area contributed by atoms with Gasteiger partial charge in [0.2, 0.25) is 0 Å². The number of hydrogen-bond acceptors (Lipinski definition) is 6. The molecule has 2 aromatic heterocycles. The third-order valence-electron chi connectivity index (χ3n) is 4.14. The van der Waals surface area contributed by atoms with Gasteiger partial charge in [-0.3, -0.25) is 0 Å². The van der Waals surface area contributed by atoms with E-state index in [0.29, 0.717) is 27.6 Å². The van der Waals surface area contributed by atoms with Crippen LogP contribution >= 0.6 is 0 Å². The third-order valence-corrected chi connectivity index (χ3v) is 4.14. The van der Waals surface area contributed by atoms with E-state index in [2.05, 4.69) is 9.97 Å². The van der Waals surface area contributed by atoms with Crippen molar-refractivity contribution in [2.45, 2.75) is 0 Å². The molecule has 0 bridgehead atoms. The summed E-state index contributed by atoms with van der Waals surface area (Å²) in [4.78, 5) is 42.4. The summed E-state index contributed by atoms with van der Waals surface area (Å²) >= 11 is 0. The zero-order valence-electron chi connectivity index (χ0n) is 14.0. The molecule has 0 aliphatic rings. The van der Waals surface area contributed by atoms with E-state index in [9.17, 15) is 14.4 Å². The second-order valence-corrected chi connectivity index (χ2v) is 5.81. The Bertz CT molecular complexity index is 1280. The predicted molar refractivity (Wildman–Crippen MR) is 95.9 cm³/mol.